The number of aromatic nitrogens is 2. The van der Waals surface area contributed by atoms with Crippen molar-refractivity contribution in [3.63, 3.8) is 0 Å². The highest BCUT2D eigenvalue weighted by atomic mass is 35.5. The van der Waals surface area contributed by atoms with Gasteiger partial charge in [-0.25, -0.2) is 4.98 Å². The third kappa shape index (κ3) is 4.84. The first-order valence-corrected chi connectivity index (χ1v) is 10.7. The number of nitrogens with zero attached hydrogens (tertiary/aromatic N) is 3. The normalized spacial score (nSPS) is 18.9. The largest absolute Gasteiger partial charge is 0.372 e. The van der Waals surface area contributed by atoms with Gasteiger partial charge in [0, 0.05) is 29.5 Å². The van der Waals surface area contributed by atoms with Gasteiger partial charge >= 0.3 is 0 Å². The first-order chi connectivity index (χ1) is 14.8. The van der Waals surface area contributed by atoms with Crippen LogP contribution in [0.25, 0.3) is 10.9 Å². The molecule has 2 heterocycles. The predicted molar refractivity (Wildman–Crippen MR) is 123 cm³/mol. The van der Waals surface area contributed by atoms with E-state index in [1.165, 1.54) is 23.0 Å². The van der Waals surface area contributed by atoms with Gasteiger partial charge in [0.1, 0.15) is 6.54 Å². The van der Waals surface area contributed by atoms with E-state index in [1.54, 1.807) is 0 Å². The molecule has 0 radical (unpaired) electrons. The Kier molecular flexibility index (Phi) is 6.18. The number of hydrogen-bond donors (Lipinski definition) is 1. The van der Waals surface area contributed by atoms with Crippen LogP contribution < -0.4 is 15.8 Å². The standard InChI is InChI=1S/C22H22Cl2N4O3/c1-13-9-27(10-14(2)31-13)17-5-3-16(4-6-17)26-20(29)11-28-12-25-21-18(22(28)30)7-15(23)8-19(21)24/h3-8,12-14H,9-11H2,1-2H3,(H,26,29). The molecule has 0 aliphatic carbocycles. The molecule has 0 bridgehead atoms. The van der Waals surface area contributed by atoms with Crippen molar-refractivity contribution in [1.29, 1.82) is 0 Å². The van der Waals surface area contributed by atoms with Crippen molar-refractivity contribution in [3.8, 4) is 0 Å². The molecule has 1 aliphatic heterocycles. The molecule has 2 unspecified atom stereocenters. The Morgan fingerprint density at radius 1 is 1.16 bits per heavy atom. The molecular formula is C22H22Cl2N4O3. The van der Waals surface area contributed by atoms with Gasteiger partial charge in [0.15, 0.2) is 0 Å². The van der Waals surface area contributed by atoms with Crippen LogP contribution in [0.1, 0.15) is 13.8 Å². The van der Waals surface area contributed by atoms with Gasteiger partial charge in [-0.15, -0.1) is 0 Å². The summed E-state index contributed by atoms with van der Waals surface area (Å²) in [4.78, 5) is 31.7. The zero-order valence-corrected chi connectivity index (χ0v) is 18.7. The lowest BCUT2D eigenvalue weighted by molar-refractivity contribution is -0.116. The van der Waals surface area contributed by atoms with E-state index in [9.17, 15) is 9.59 Å². The van der Waals surface area contributed by atoms with Crippen LogP contribution in [0.15, 0.2) is 47.5 Å². The van der Waals surface area contributed by atoms with Gasteiger partial charge in [-0.1, -0.05) is 23.2 Å². The van der Waals surface area contributed by atoms with E-state index in [1.807, 2.05) is 24.3 Å². The van der Waals surface area contributed by atoms with E-state index in [-0.39, 0.29) is 35.6 Å². The molecule has 1 fully saturated rings. The second-order valence-corrected chi connectivity index (χ2v) is 8.56. The Balaban J connectivity index is 1.45. The lowest BCUT2D eigenvalue weighted by Crippen LogP contribution is -2.45. The fourth-order valence-electron chi connectivity index (χ4n) is 3.81. The van der Waals surface area contributed by atoms with Gasteiger partial charge in [0.25, 0.3) is 5.56 Å². The van der Waals surface area contributed by atoms with Crippen molar-refractivity contribution < 1.29 is 9.53 Å². The number of ether oxygens (including phenoxy) is 1. The summed E-state index contributed by atoms with van der Waals surface area (Å²) in [6.45, 7) is 5.58. The molecular weight excluding hydrogens is 439 g/mol. The number of benzene rings is 2. The van der Waals surface area contributed by atoms with Crippen LogP contribution in [-0.4, -0.2) is 40.8 Å². The summed E-state index contributed by atoms with van der Waals surface area (Å²) in [6, 6.07) is 10.6. The fraction of sp³-hybridized carbons (Fsp3) is 0.318. The third-order valence-electron chi connectivity index (χ3n) is 5.10. The third-order valence-corrected chi connectivity index (χ3v) is 5.60. The van der Waals surface area contributed by atoms with E-state index in [4.69, 9.17) is 27.9 Å². The number of morpholine rings is 1. The first kappa shape index (κ1) is 21.6. The van der Waals surface area contributed by atoms with Crippen LogP contribution in [0.5, 0.6) is 0 Å². The minimum Gasteiger partial charge on any atom is -0.372 e. The van der Waals surface area contributed by atoms with Gasteiger partial charge in [-0.05, 0) is 50.2 Å². The summed E-state index contributed by atoms with van der Waals surface area (Å²) in [5.41, 5.74) is 1.70. The van der Waals surface area contributed by atoms with Crippen molar-refractivity contribution in [1.82, 2.24) is 9.55 Å². The summed E-state index contributed by atoms with van der Waals surface area (Å²) in [5, 5.41) is 3.71. The summed E-state index contributed by atoms with van der Waals surface area (Å²) in [6.07, 6.45) is 1.65. The Labute approximate surface area is 189 Å². The summed E-state index contributed by atoms with van der Waals surface area (Å²) < 4.78 is 7.01. The fourth-order valence-corrected chi connectivity index (χ4v) is 4.35. The van der Waals surface area contributed by atoms with Crippen molar-refractivity contribution in [2.75, 3.05) is 23.3 Å². The number of amides is 1. The second kappa shape index (κ2) is 8.86. The maximum atomic E-state index is 12.7. The van der Waals surface area contributed by atoms with Gasteiger partial charge in [-0.2, -0.15) is 0 Å². The monoisotopic (exact) mass is 460 g/mol. The predicted octanol–water partition coefficient (Wildman–Crippen LogP) is 3.96. The van der Waals surface area contributed by atoms with Gasteiger partial charge in [0.05, 0.1) is 34.5 Å². The first-order valence-electron chi connectivity index (χ1n) is 9.94. The highest BCUT2D eigenvalue weighted by molar-refractivity contribution is 6.38. The number of carbonyl (C=O) groups excluding carboxylic acids is 1. The molecule has 1 amide bonds. The zero-order valence-electron chi connectivity index (χ0n) is 17.1. The minimum absolute atomic E-state index is 0.168. The molecule has 1 aliphatic rings. The Morgan fingerprint density at radius 2 is 1.84 bits per heavy atom. The number of carbonyl (C=O) groups is 1. The molecule has 0 spiro atoms. The number of rotatable bonds is 4. The second-order valence-electron chi connectivity index (χ2n) is 7.72. The quantitative estimate of drug-likeness (QED) is 0.637. The number of fused-ring (bicyclic) bond motifs is 1. The number of anilines is 2. The van der Waals surface area contributed by atoms with Crippen molar-refractivity contribution in [2.45, 2.75) is 32.6 Å². The topological polar surface area (TPSA) is 76.5 Å². The van der Waals surface area contributed by atoms with E-state index >= 15 is 0 Å². The molecule has 31 heavy (non-hydrogen) atoms. The molecule has 9 heteroatoms. The maximum Gasteiger partial charge on any atom is 0.261 e. The van der Waals surface area contributed by atoms with Crippen LogP contribution in [0.3, 0.4) is 0 Å². The minimum atomic E-state index is -0.379. The number of halogens is 2. The average Bonchev–Trinajstić information content (AvgIpc) is 2.70. The molecule has 3 aromatic rings. The number of nitrogens with one attached hydrogen (secondary N) is 1. The SMILES string of the molecule is CC1CN(c2ccc(NC(=O)Cn3cnc4c(Cl)cc(Cl)cc4c3=O)cc2)CC(C)O1. The van der Waals surface area contributed by atoms with Crippen LogP contribution >= 0.6 is 23.2 Å². The lowest BCUT2D eigenvalue weighted by atomic mass is 10.2. The Bertz CT molecular complexity index is 1170. The molecule has 2 aromatic carbocycles. The molecule has 0 saturated carbocycles. The molecule has 1 N–H and O–H groups in total. The summed E-state index contributed by atoms with van der Waals surface area (Å²) in [7, 11) is 0. The van der Waals surface area contributed by atoms with E-state index in [0.29, 0.717) is 21.2 Å². The van der Waals surface area contributed by atoms with Gasteiger partial charge < -0.3 is 15.0 Å². The highest BCUT2D eigenvalue weighted by Gasteiger charge is 2.22. The van der Waals surface area contributed by atoms with Gasteiger partial charge in [0.2, 0.25) is 5.91 Å². The zero-order chi connectivity index (χ0) is 22.1. The average molecular weight is 461 g/mol. The summed E-state index contributed by atoms with van der Waals surface area (Å²) in [5.74, 6) is -0.335. The summed E-state index contributed by atoms with van der Waals surface area (Å²) >= 11 is 12.1. The Morgan fingerprint density at radius 3 is 2.52 bits per heavy atom. The van der Waals surface area contributed by atoms with E-state index < -0.39 is 0 Å². The molecule has 1 saturated heterocycles. The molecule has 4 rings (SSSR count). The van der Waals surface area contributed by atoms with Gasteiger partial charge in [-0.3, -0.25) is 14.2 Å². The molecule has 7 nitrogen and oxygen atoms in total. The van der Waals surface area contributed by atoms with Crippen LogP contribution in [-0.2, 0) is 16.1 Å². The highest BCUT2D eigenvalue weighted by Crippen LogP contribution is 2.24. The van der Waals surface area contributed by atoms with E-state index in [2.05, 4.69) is 29.0 Å². The molecule has 162 valence electrons. The van der Waals surface area contributed by atoms with E-state index in [0.717, 1.165) is 18.8 Å². The van der Waals surface area contributed by atoms with Crippen LogP contribution in [0.4, 0.5) is 11.4 Å². The molecule has 2 atom stereocenters. The van der Waals surface area contributed by atoms with Crippen molar-refractivity contribution in [2.24, 2.45) is 0 Å². The van der Waals surface area contributed by atoms with Crippen molar-refractivity contribution >= 4 is 51.4 Å². The molecule has 1 aromatic heterocycles. The maximum absolute atomic E-state index is 12.7. The van der Waals surface area contributed by atoms with Crippen LogP contribution in [0.2, 0.25) is 10.0 Å². The van der Waals surface area contributed by atoms with Crippen LogP contribution in [0, 0.1) is 0 Å². The van der Waals surface area contributed by atoms with Crippen molar-refractivity contribution in [3.05, 3.63) is 63.1 Å². The lowest BCUT2D eigenvalue weighted by Gasteiger charge is -2.36. The number of hydrogen-bond acceptors (Lipinski definition) is 5. The smallest absolute Gasteiger partial charge is 0.261 e. The Hall–Kier alpha value is -2.61.